The van der Waals surface area contributed by atoms with Crippen LogP contribution in [0.15, 0.2) is 36.0 Å². The molecular formula is C57H91ClN12O20. The molecule has 21 N–H and O–H groups in total. The number of carboxylic acid groups (broad SMARTS) is 2. The molecule has 32 nitrogen and oxygen atoms in total. The van der Waals surface area contributed by atoms with E-state index in [1.807, 2.05) is 10.6 Å². The molecule has 1 heterocycles. The molecule has 0 bridgehead atoms. The number of esters is 1. The molecule has 1 aromatic carbocycles. The number of nitrogens with one attached hydrogen (secondary N) is 9. The molecule has 0 spiro atoms. The molecule has 1 aliphatic rings. The first-order chi connectivity index (χ1) is 42.7. The van der Waals surface area contributed by atoms with Crippen LogP contribution in [0.3, 0.4) is 0 Å². The third-order valence-corrected chi connectivity index (χ3v) is 14.3. The van der Waals surface area contributed by atoms with E-state index in [0.717, 1.165) is 52.0 Å². The van der Waals surface area contributed by atoms with E-state index >= 15 is 0 Å². The van der Waals surface area contributed by atoms with Crippen LogP contribution in [-0.4, -0.2) is 213 Å². The Labute approximate surface area is 526 Å². The minimum absolute atomic E-state index is 0.114. The number of nitrogens with two attached hydrogens (primary N) is 3. The number of ether oxygens (including phenoxy) is 2. The Morgan fingerprint density at radius 3 is 1.79 bits per heavy atom. The number of hydrogen-bond donors (Lipinski definition) is 18. The van der Waals surface area contributed by atoms with Crippen molar-refractivity contribution >= 4 is 82.7 Å². The van der Waals surface area contributed by atoms with Gasteiger partial charge < -0.3 is 105 Å². The number of unbranched alkanes of at least 4 members (excludes halogenated alkanes) is 8. The number of rotatable bonds is 30. The normalized spacial score (nSPS) is 23.5. The van der Waals surface area contributed by atoms with E-state index in [0.29, 0.717) is 17.9 Å². The van der Waals surface area contributed by atoms with Crippen molar-refractivity contribution in [1.29, 1.82) is 0 Å². The molecule has 90 heavy (non-hydrogen) atoms. The zero-order valence-corrected chi connectivity index (χ0v) is 51.6. The van der Waals surface area contributed by atoms with Gasteiger partial charge in [0, 0.05) is 0 Å². The van der Waals surface area contributed by atoms with E-state index in [9.17, 15) is 88.2 Å². The second kappa shape index (κ2) is 42.4. The highest BCUT2D eigenvalue weighted by atomic mass is 35.5. The van der Waals surface area contributed by atoms with Crippen LogP contribution in [-0.2, 0) is 68.7 Å². The Morgan fingerprint density at radius 2 is 1.23 bits per heavy atom. The Kier molecular flexibility index (Phi) is 37.0. The molecule has 0 radical (unpaired) electrons. The molecule has 12 atom stereocenters. The number of aliphatic hydroxyl groups is 4. The number of cyclic esters (lactones) is 1. The summed E-state index contributed by atoms with van der Waals surface area (Å²) in [5, 5.41) is 82.8. The van der Waals surface area contributed by atoms with Crippen LogP contribution in [0.25, 0.3) is 0 Å². The molecular weight excluding hydrogens is 1210 g/mol. The molecule has 1 aromatic rings. The first-order valence-corrected chi connectivity index (χ1v) is 30.4. The maximum Gasteiger partial charge on any atom is 0.335 e. The van der Waals surface area contributed by atoms with Gasteiger partial charge >= 0.3 is 17.9 Å². The second-order valence-electron chi connectivity index (χ2n) is 21.4. The fourth-order valence-electron chi connectivity index (χ4n) is 8.97. The van der Waals surface area contributed by atoms with Crippen LogP contribution < -0.4 is 69.8 Å². The maximum atomic E-state index is 14.3. The van der Waals surface area contributed by atoms with Crippen LogP contribution in [0, 0.1) is 0 Å². The number of hydrogen-bond acceptors (Lipinski definition) is 21. The third kappa shape index (κ3) is 28.5. The van der Waals surface area contributed by atoms with Crippen LogP contribution in [0.2, 0.25) is 0 Å². The molecule has 9 amide bonds. The third-order valence-electron chi connectivity index (χ3n) is 14.0. The van der Waals surface area contributed by atoms with Crippen molar-refractivity contribution in [1.82, 2.24) is 47.9 Å². The molecule has 1 fully saturated rings. The molecule has 33 heteroatoms. The minimum atomic E-state index is -2.85. The number of halogens is 1. The summed E-state index contributed by atoms with van der Waals surface area (Å²) in [5.74, 6) is -17.5. The Bertz CT molecular complexity index is 2580. The van der Waals surface area contributed by atoms with Crippen molar-refractivity contribution < 1.29 is 97.6 Å². The predicted octanol–water partition coefficient (Wildman–Crippen LogP) is -4.32. The van der Waals surface area contributed by atoms with E-state index in [1.54, 1.807) is 24.3 Å². The van der Waals surface area contributed by atoms with Gasteiger partial charge in [0.2, 0.25) is 47.3 Å². The summed E-state index contributed by atoms with van der Waals surface area (Å²) in [6.07, 6.45) is -1.08. The number of benzene rings is 1. The average Bonchev–Trinajstić information content (AvgIpc) is 1.39. The van der Waals surface area contributed by atoms with E-state index in [4.69, 9.17) is 38.3 Å². The fraction of sp³-hybridized carbons (Fsp3) is 0.649. The number of carbonyl (C=O) groups is 12. The maximum absolute atomic E-state index is 14.3. The molecule has 506 valence electrons. The van der Waals surface area contributed by atoms with E-state index in [2.05, 4.69) is 44.1 Å². The number of alkyl halides is 1. The highest BCUT2D eigenvalue weighted by molar-refractivity contribution is 6.18. The summed E-state index contributed by atoms with van der Waals surface area (Å²) in [6, 6.07) is -9.26. The second-order valence-corrected chi connectivity index (χ2v) is 21.7. The largest absolute Gasteiger partial charge is 0.494 e. The van der Waals surface area contributed by atoms with Gasteiger partial charge in [0.15, 0.2) is 12.1 Å². The molecule has 0 aromatic heterocycles. The van der Waals surface area contributed by atoms with Crippen LogP contribution in [0.5, 0.6) is 5.75 Å². The molecule has 1 saturated heterocycles. The lowest BCUT2D eigenvalue weighted by molar-refractivity contribution is -0.155. The van der Waals surface area contributed by atoms with Crippen molar-refractivity contribution in [2.45, 2.75) is 196 Å². The lowest BCUT2D eigenvalue weighted by Gasteiger charge is -2.28. The van der Waals surface area contributed by atoms with Crippen molar-refractivity contribution in [2.75, 3.05) is 38.7 Å². The number of aliphatic carboxylic acids is 2. The number of allylic oxidation sites excluding steroid dienone is 1. The van der Waals surface area contributed by atoms with Gasteiger partial charge in [-0.3, -0.25) is 47.9 Å². The zero-order chi connectivity index (χ0) is 67.5. The standard InChI is InChI=1S/C57H91ClN12O20/c1-4-6-7-8-9-10-11-14-24-89-34-17-15-16-32(26-34)25-33(72)27-42(74)62-40-30-90-57(88)45(41(73)29-58)69-55(85)46(47(77)56(86)87)70-48(78)35(5-2)63-54(84)44(31(3)71)68-51(81)38(20-23-61)65-49(79)36(18-12-13-21-59)64-52(82)39(28-43(75)76)67-50(80)37(19-22-60)66-53(40)83/h5,15-17,26,31,33,36-41,44-47,71-73,77H,4,6-14,18-25,27-30,59-61H2,1-3H3,(H,62,74)(H,63,84)(H,64,82)(H,65,79)(H,66,83)(H,67,80)(H,68,81)(H,69,85)(H,70,78)(H,75,76)(H,86,87)/b35-5+/t31-,33?,36-,37+,38-,39-,40-,41+,44-,45-,46-,47?/m0/s1. The van der Waals surface area contributed by atoms with Crippen molar-refractivity contribution in [3.8, 4) is 5.75 Å². The van der Waals surface area contributed by atoms with Crippen molar-refractivity contribution in [3.05, 3.63) is 41.6 Å². The monoisotopic (exact) mass is 1300 g/mol. The van der Waals surface area contributed by atoms with Gasteiger partial charge in [-0.15, -0.1) is 11.6 Å². The number of carboxylic acids is 2. The Hall–Kier alpha value is -7.59. The number of aliphatic hydroxyl groups excluding tert-OH is 4. The van der Waals surface area contributed by atoms with Crippen molar-refractivity contribution in [2.24, 2.45) is 17.2 Å². The number of amides is 9. The summed E-state index contributed by atoms with van der Waals surface area (Å²) in [6.45, 7) is 3.01. The number of carbonyl (C=O) groups excluding carboxylic acids is 10. The summed E-state index contributed by atoms with van der Waals surface area (Å²) < 4.78 is 11.2. The molecule has 2 unspecified atom stereocenters. The summed E-state index contributed by atoms with van der Waals surface area (Å²) in [7, 11) is 0. The van der Waals surface area contributed by atoms with Crippen molar-refractivity contribution in [3.63, 3.8) is 0 Å². The van der Waals surface area contributed by atoms with Crippen LogP contribution in [0.4, 0.5) is 0 Å². The molecule has 2 rings (SSSR count). The fourth-order valence-corrected chi connectivity index (χ4v) is 9.15. The highest BCUT2D eigenvalue weighted by Crippen LogP contribution is 2.18. The van der Waals surface area contributed by atoms with E-state index < -0.39 is 181 Å². The highest BCUT2D eigenvalue weighted by Gasteiger charge is 2.41. The van der Waals surface area contributed by atoms with Gasteiger partial charge in [0.25, 0.3) is 5.91 Å². The first kappa shape index (κ1) is 78.5. The van der Waals surface area contributed by atoms with Gasteiger partial charge in [-0.25, -0.2) is 9.59 Å². The topological polar surface area (TPSA) is 531 Å². The van der Waals surface area contributed by atoms with Gasteiger partial charge in [-0.05, 0) is 96.1 Å². The van der Waals surface area contributed by atoms with Crippen LogP contribution >= 0.6 is 11.6 Å². The summed E-state index contributed by atoms with van der Waals surface area (Å²) in [4.78, 5) is 164. The van der Waals surface area contributed by atoms with Crippen LogP contribution in [0.1, 0.15) is 123 Å². The SMILES string of the molecule is C/C=C1/NC(=O)[C@H]([C@H](C)O)NC(=O)[C@H](CCN)NC(=O)[C@H](CCCCN)NC(=O)[C@H](CC(=O)O)NC(=O)[C@@H](CCN)NC(=O)[C@@H](NC(=O)CC(O)Cc2cccc(OCCCCCCCCCC)c2)COC(=O)[C@H]([C@H](O)CCl)NC(=O)[C@H](C(O)C(=O)O)NC1=O. The van der Waals surface area contributed by atoms with E-state index in [-0.39, 0.29) is 51.7 Å². The van der Waals surface area contributed by atoms with E-state index in [1.165, 1.54) is 19.3 Å². The first-order valence-electron chi connectivity index (χ1n) is 29.9. The van der Waals surface area contributed by atoms with Gasteiger partial charge in [-0.1, -0.05) is 70.1 Å². The smallest absolute Gasteiger partial charge is 0.335 e. The Morgan fingerprint density at radius 1 is 0.678 bits per heavy atom. The quantitative estimate of drug-likeness (QED) is 0.0150. The average molecular weight is 1300 g/mol. The lowest BCUT2D eigenvalue weighted by Crippen LogP contribution is -2.62. The lowest BCUT2D eigenvalue weighted by atomic mass is 10.0. The summed E-state index contributed by atoms with van der Waals surface area (Å²) >= 11 is 5.88. The predicted molar refractivity (Wildman–Crippen MR) is 322 cm³/mol. The summed E-state index contributed by atoms with van der Waals surface area (Å²) in [5.41, 5.74) is 17.0. The Balaban J connectivity index is 2.73. The molecule has 0 aliphatic carbocycles. The van der Waals surface area contributed by atoms with Gasteiger partial charge in [0.1, 0.15) is 60.3 Å². The molecule has 0 saturated carbocycles. The van der Waals surface area contributed by atoms with Gasteiger partial charge in [-0.2, -0.15) is 0 Å². The zero-order valence-electron chi connectivity index (χ0n) is 50.9. The minimum Gasteiger partial charge on any atom is -0.494 e. The molecule has 1 aliphatic heterocycles. The van der Waals surface area contributed by atoms with Gasteiger partial charge in [0.05, 0.1) is 43.6 Å².